The molecule has 0 N–H and O–H groups in total. The van der Waals surface area contributed by atoms with Gasteiger partial charge in [0.2, 0.25) is 0 Å². The van der Waals surface area contributed by atoms with Crippen molar-refractivity contribution in [3.8, 4) is 0 Å². The summed E-state index contributed by atoms with van der Waals surface area (Å²) in [6.07, 6.45) is 2.80. The van der Waals surface area contributed by atoms with Gasteiger partial charge in [0.15, 0.2) is 0 Å². The third-order valence-electron chi connectivity index (χ3n) is 5.53. The predicted molar refractivity (Wildman–Crippen MR) is 53.0 cm³/mol. The molecular weight excluding hydrogens is 203 g/mol. The van der Waals surface area contributed by atoms with E-state index >= 15 is 0 Å². The van der Waals surface area contributed by atoms with Crippen molar-refractivity contribution in [2.75, 3.05) is 6.61 Å². The van der Waals surface area contributed by atoms with E-state index in [1.165, 1.54) is 0 Å². The van der Waals surface area contributed by atoms with E-state index < -0.39 is 11.6 Å². The molecule has 3 rings (SSSR count). The molecule has 4 heteroatoms. The van der Waals surface area contributed by atoms with Gasteiger partial charge in [-0.05, 0) is 25.2 Å². The van der Waals surface area contributed by atoms with Crippen molar-refractivity contribution in [3.05, 3.63) is 0 Å². The zero-order valence-corrected chi connectivity index (χ0v) is 11.6. The second kappa shape index (κ2) is 3.00. The molecule has 0 aromatic heterocycles. The van der Waals surface area contributed by atoms with Gasteiger partial charge in [0.05, 0.1) is 12.6 Å². The van der Waals surface area contributed by atoms with Crippen LogP contribution in [-0.2, 0) is 9.53 Å². The molecule has 4 bridgehead atoms. The van der Waals surface area contributed by atoms with Gasteiger partial charge in [0.25, 0.3) is 0 Å². The van der Waals surface area contributed by atoms with Crippen LogP contribution in [0.2, 0.25) is 0 Å². The van der Waals surface area contributed by atoms with Gasteiger partial charge >= 0.3 is 0 Å². The standard InChI is InChI=1S/C11H16O3.Na/c1-9-6-14-11(8(12)13)5-7(9)3-4-10(9,11)2;/h7H,3-6H2,1-2H3,(H,12,13);/p-1. The Morgan fingerprint density at radius 3 is 2.53 bits per heavy atom. The Balaban J connectivity index is 0.000000853. The smallest absolute Gasteiger partial charge is 0.114 e. The Labute approximate surface area is 112 Å². The Bertz CT molecular complexity index is 332. The molecule has 0 spiro atoms. The normalized spacial score (nSPS) is 55.5. The number of carbonyl (C=O) groups is 1. The molecule has 1 aliphatic heterocycles. The fourth-order valence-corrected chi connectivity index (χ4v) is 4.22. The average Bonchev–Trinajstić information content (AvgIpc) is 2.58. The van der Waals surface area contributed by atoms with Gasteiger partial charge in [0, 0.05) is 40.4 Å². The Kier molecular flexibility index (Phi) is 2.38. The van der Waals surface area contributed by atoms with Crippen molar-refractivity contribution in [1.82, 2.24) is 0 Å². The number of carboxylic acid groups (broad SMARTS) is 1. The number of hydrogen-bond acceptors (Lipinski definition) is 3. The number of carboxylic acids is 1. The summed E-state index contributed by atoms with van der Waals surface area (Å²) in [7, 11) is 0. The molecule has 0 aromatic carbocycles. The van der Waals surface area contributed by atoms with Crippen LogP contribution in [0.4, 0.5) is 0 Å². The zero-order chi connectivity index (χ0) is 10.2. The quantitative estimate of drug-likeness (QED) is 0.580. The molecule has 2 aliphatic carbocycles. The molecule has 0 aromatic rings. The molecule has 2 saturated carbocycles. The summed E-state index contributed by atoms with van der Waals surface area (Å²) in [6.45, 7) is 4.85. The van der Waals surface area contributed by atoms with Gasteiger partial charge in [-0.15, -0.1) is 0 Å². The first-order valence-electron chi connectivity index (χ1n) is 5.32. The van der Waals surface area contributed by atoms with E-state index in [0.29, 0.717) is 18.9 Å². The fourth-order valence-electron chi connectivity index (χ4n) is 4.22. The minimum absolute atomic E-state index is 0. The summed E-state index contributed by atoms with van der Waals surface area (Å²) >= 11 is 0. The van der Waals surface area contributed by atoms with Crippen LogP contribution in [0.1, 0.15) is 33.1 Å². The predicted octanol–water partition coefficient (Wildman–Crippen LogP) is -0.0492. The van der Waals surface area contributed by atoms with Crippen LogP contribution < -0.4 is 5.11 Å². The summed E-state index contributed by atoms with van der Waals surface area (Å²) in [5.41, 5.74) is -1.08. The van der Waals surface area contributed by atoms with Crippen molar-refractivity contribution in [2.45, 2.75) is 38.7 Å². The second-order valence-corrected chi connectivity index (χ2v) is 5.59. The molecule has 4 unspecified atom stereocenters. The first kappa shape index (κ1) is 11.9. The minimum atomic E-state index is -0.995. The van der Waals surface area contributed by atoms with E-state index in [1.54, 1.807) is 0 Å². The van der Waals surface area contributed by atoms with E-state index in [-0.39, 0.29) is 40.4 Å². The monoisotopic (exact) mass is 218 g/mol. The van der Waals surface area contributed by atoms with Crippen molar-refractivity contribution in [1.29, 1.82) is 0 Å². The van der Waals surface area contributed by atoms with E-state index in [1.807, 2.05) is 0 Å². The van der Waals surface area contributed by atoms with Gasteiger partial charge in [-0.1, -0.05) is 13.8 Å². The molecule has 3 nitrogen and oxygen atoms in total. The van der Waals surface area contributed by atoms with Crippen LogP contribution in [0, 0.1) is 16.7 Å². The van der Waals surface area contributed by atoms with Crippen molar-refractivity contribution in [3.63, 3.8) is 0 Å². The molecule has 3 aliphatic rings. The summed E-state index contributed by atoms with van der Waals surface area (Å²) in [4.78, 5) is 11.3. The Hall–Kier alpha value is 0.430. The summed E-state index contributed by atoms with van der Waals surface area (Å²) < 4.78 is 5.58. The summed E-state index contributed by atoms with van der Waals surface area (Å²) in [5.74, 6) is -0.468. The van der Waals surface area contributed by atoms with Crippen LogP contribution >= 0.6 is 0 Å². The minimum Gasteiger partial charge on any atom is -0.547 e. The van der Waals surface area contributed by atoms with Crippen molar-refractivity contribution >= 4 is 35.5 Å². The van der Waals surface area contributed by atoms with E-state index in [2.05, 4.69) is 13.8 Å². The van der Waals surface area contributed by atoms with Crippen LogP contribution in [0.25, 0.3) is 0 Å². The molecule has 0 amide bonds. The molecule has 1 heterocycles. The molecule has 15 heavy (non-hydrogen) atoms. The number of rotatable bonds is 1. The van der Waals surface area contributed by atoms with Crippen LogP contribution in [0.3, 0.4) is 0 Å². The van der Waals surface area contributed by atoms with E-state index in [4.69, 9.17) is 4.74 Å². The SMILES string of the molecule is CC12COC3(C(=O)[O-])CC1CCC32C.[Na]. The second-order valence-electron chi connectivity index (χ2n) is 5.59. The third-order valence-corrected chi connectivity index (χ3v) is 5.53. The van der Waals surface area contributed by atoms with Gasteiger partial charge in [-0.25, -0.2) is 0 Å². The first-order chi connectivity index (χ1) is 6.46. The first-order valence-corrected chi connectivity index (χ1v) is 5.32. The average molecular weight is 218 g/mol. The van der Waals surface area contributed by atoms with E-state index in [9.17, 15) is 9.90 Å². The van der Waals surface area contributed by atoms with Crippen molar-refractivity contribution in [2.24, 2.45) is 16.7 Å². The number of carbonyl (C=O) groups excluding carboxylic acids is 1. The van der Waals surface area contributed by atoms with Gasteiger partial charge in [-0.3, -0.25) is 0 Å². The maximum absolute atomic E-state index is 11.3. The zero-order valence-electron chi connectivity index (χ0n) is 9.63. The van der Waals surface area contributed by atoms with Crippen molar-refractivity contribution < 1.29 is 14.6 Å². The molecule has 1 saturated heterocycles. The maximum Gasteiger partial charge on any atom is 0.114 e. The number of ether oxygens (including phenoxy) is 1. The number of hydrogen-bond donors (Lipinski definition) is 0. The fraction of sp³-hybridized carbons (Fsp3) is 0.909. The largest absolute Gasteiger partial charge is 0.547 e. The van der Waals surface area contributed by atoms with E-state index in [0.717, 1.165) is 12.8 Å². The molecule has 4 atom stereocenters. The Morgan fingerprint density at radius 1 is 1.47 bits per heavy atom. The third kappa shape index (κ3) is 0.951. The van der Waals surface area contributed by atoms with Gasteiger partial charge < -0.3 is 14.6 Å². The summed E-state index contributed by atoms with van der Waals surface area (Å²) in [6, 6.07) is 0. The maximum atomic E-state index is 11.3. The summed E-state index contributed by atoms with van der Waals surface area (Å²) in [5, 5.41) is 11.3. The number of aliphatic carboxylic acids is 1. The molecule has 3 fully saturated rings. The topological polar surface area (TPSA) is 49.4 Å². The van der Waals surface area contributed by atoms with Gasteiger partial charge in [-0.2, -0.15) is 0 Å². The van der Waals surface area contributed by atoms with Crippen LogP contribution in [0.5, 0.6) is 0 Å². The molecular formula is C11H15NaO3-. The molecule has 1 radical (unpaired) electrons. The van der Waals surface area contributed by atoms with Crippen LogP contribution in [0.15, 0.2) is 0 Å². The van der Waals surface area contributed by atoms with Crippen LogP contribution in [-0.4, -0.2) is 47.7 Å². The molecule has 79 valence electrons. The Morgan fingerprint density at radius 2 is 2.13 bits per heavy atom. The van der Waals surface area contributed by atoms with Gasteiger partial charge in [0.1, 0.15) is 5.60 Å².